The topological polar surface area (TPSA) is 46.5 Å². The molecule has 0 spiro atoms. The van der Waals surface area contributed by atoms with Crippen LogP contribution in [0.5, 0.6) is 0 Å². The van der Waals surface area contributed by atoms with Gasteiger partial charge in [0.15, 0.2) is 0 Å². The lowest BCUT2D eigenvalue weighted by Gasteiger charge is -2.01. The highest BCUT2D eigenvalue weighted by Crippen LogP contribution is 1.93. The first kappa shape index (κ1) is 9.83. The van der Waals surface area contributed by atoms with Crippen molar-refractivity contribution in [1.29, 1.82) is 0 Å². The fraction of sp³-hybridized carbons (Fsp3) is 0.625. The summed E-state index contributed by atoms with van der Waals surface area (Å²) in [6, 6.07) is 0. The van der Waals surface area contributed by atoms with Crippen LogP contribution < -0.4 is 0 Å². The van der Waals surface area contributed by atoms with Crippen LogP contribution in [0.1, 0.15) is 20.3 Å². The molecular formula is C8H12O3. The smallest absolute Gasteiger partial charge is 0.450 e. The van der Waals surface area contributed by atoms with Gasteiger partial charge >= 0.3 is 6.16 Å². The lowest BCUT2D eigenvalue weighted by atomic mass is 10.2. The van der Waals surface area contributed by atoms with Crippen LogP contribution in [0.2, 0.25) is 0 Å². The van der Waals surface area contributed by atoms with Gasteiger partial charge in [-0.25, -0.2) is 4.79 Å². The van der Waals surface area contributed by atoms with E-state index >= 15 is 0 Å². The van der Waals surface area contributed by atoms with Crippen molar-refractivity contribution in [2.45, 2.75) is 20.3 Å². The molecule has 3 nitrogen and oxygen atoms in total. The van der Waals surface area contributed by atoms with Gasteiger partial charge in [-0.05, 0) is 6.92 Å². The number of carbonyl (C=O) groups is 1. The second kappa shape index (κ2) is 5.60. The van der Waals surface area contributed by atoms with Crippen molar-refractivity contribution in [1.82, 2.24) is 0 Å². The summed E-state index contributed by atoms with van der Waals surface area (Å²) in [5.74, 6) is 5.69. The predicted octanol–water partition coefficient (Wildman–Crippen LogP) is 1.73. The van der Waals surface area contributed by atoms with Gasteiger partial charge in [0.1, 0.15) is 6.61 Å². The van der Waals surface area contributed by atoms with Gasteiger partial charge in [-0.15, -0.1) is 5.92 Å². The second-order valence-electron chi connectivity index (χ2n) is 2.15. The standard InChI is InChI=1S/C8H12O3/c1-3-4-5-7(2)6-11-8(9)10/h7H,3,6H2,1-2H3,(H,9,10). The Bertz CT molecular complexity index is 176. The summed E-state index contributed by atoms with van der Waals surface area (Å²) in [6.45, 7) is 3.92. The maximum Gasteiger partial charge on any atom is 0.505 e. The molecule has 0 aliphatic rings. The monoisotopic (exact) mass is 156 g/mol. The summed E-state index contributed by atoms with van der Waals surface area (Å²) >= 11 is 0. The minimum absolute atomic E-state index is 0.00829. The highest BCUT2D eigenvalue weighted by atomic mass is 16.7. The Hall–Kier alpha value is -1.17. The summed E-state index contributed by atoms with van der Waals surface area (Å²) in [4.78, 5) is 9.91. The largest absolute Gasteiger partial charge is 0.505 e. The van der Waals surface area contributed by atoms with E-state index in [1.54, 1.807) is 0 Å². The van der Waals surface area contributed by atoms with Crippen LogP contribution in [0.25, 0.3) is 0 Å². The normalized spacial score (nSPS) is 11.1. The van der Waals surface area contributed by atoms with Gasteiger partial charge in [-0.3, -0.25) is 0 Å². The third-order valence-corrected chi connectivity index (χ3v) is 0.982. The van der Waals surface area contributed by atoms with Crippen molar-refractivity contribution in [3.63, 3.8) is 0 Å². The van der Waals surface area contributed by atoms with E-state index in [1.807, 2.05) is 13.8 Å². The zero-order chi connectivity index (χ0) is 8.69. The van der Waals surface area contributed by atoms with Gasteiger partial charge < -0.3 is 9.84 Å². The summed E-state index contributed by atoms with van der Waals surface area (Å²) in [5.41, 5.74) is 0. The van der Waals surface area contributed by atoms with Gasteiger partial charge in [0.25, 0.3) is 0 Å². The van der Waals surface area contributed by atoms with Crippen LogP contribution in [0.15, 0.2) is 0 Å². The number of hydrogen-bond donors (Lipinski definition) is 1. The molecule has 0 fully saturated rings. The van der Waals surface area contributed by atoms with Gasteiger partial charge in [0.2, 0.25) is 0 Å². The van der Waals surface area contributed by atoms with Crippen molar-refractivity contribution in [2.24, 2.45) is 5.92 Å². The first-order chi connectivity index (χ1) is 5.16. The average Bonchev–Trinajstić information content (AvgIpc) is 1.97. The number of carboxylic acid groups (broad SMARTS) is 1. The highest BCUT2D eigenvalue weighted by Gasteiger charge is 2.00. The summed E-state index contributed by atoms with van der Waals surface area (Å²) in [6.07, 6.45) is -0.452. The van der Waals surface area contributed by atoms with Crippen LogP contribution in [-0.4, -0.2) is 17.9 Å². The van der Waals surface area contributed by atoms with Gasteiger partial charge in [-0.2, -0.15) is 0 Å². The first-order valence-electron chi connectivity index (χ1n) is 3.51. The summed E-state index contributed by atoms with van der Waals surface area (Å²) in [7, 11) is 0. The Kier molecular flexibility index (Phi) is 5.01. The van der Waals surface area contributed by atoms with E-state index in [4.69, 9.17) is 5.11 Å². The molecule has 0 aliphatic heterocycles. The van der Waals surface area contributed by atoms with Crippen LogP contribution in [0, 0.1) is 17.8 Å². The lowest BCUT2D eigenvalue weighted by Crippen LogP contribution is -2.08. The van der Waals surface area contributed by atoms with Crippen LogP contribution in [0.3, 0.4) is 0 Å². The molecule has 1 unspecified atom stereocenters. The molecule has 0 heterocycles. The maximum atomic E-state index is 9.91. The Morgan fingerprint density at radius 1 is 1.73 bits per heavy atom. The summed E-state index contributed by atoms with van der Waals surface area (Å²) in [5, 5.41) is 8.12. The molecule has 62 valence electrons. The molecule has 3 heteroatoms. The number of ether oxygens (including phenoxy) is 1. The van der Waals surface area contributed by atoms with E-state index in [2.05, 4.69) is 16.6 Å². The lowest BCUT2D eigenvalue weighted by molar-refractivity contribution is 0.0854. The SMILES string of the molecule is CCC#CC(C)COC(=O)O. The van der Waals surface area contributed by atoms with E-state index in [1.165, 1.54) is 0 Å². The van der Waals surface area contributed by atoms with Crippen molar-refractivity contribution in [3.8, 4) is 11.8 Å². The van der Waals surface area contributed by atoms with Gasteiger partial charge in [0.05, 0.1) is 5.92 Å². The third kappa shape index (κ3) is 6.72. The molecule has 0 saturated carbocycles. The molecule has 0 amide bonds. The Morgan fingerprint density at radius 2 is 2.36 bits per heavy atom. The average molecular weight is 156 g/mol. The number of rotatable bonds is 2. The molecule has 1 N–H and O–H groups in total. The number of hydrogen-bond acceptors (Lipinski definition) is 2. The van der Waals surface area contributed by atoms with Crippen molar-refractivity contribution in [3.05, 3.63) is 0 Å². The van der Waals surface area contributed by atoms with Gasteiger partial charge in [0, 0.05) is 6.42 Å². The highest BCUT2D eigenvalue weighted by molar-refractivity contribution is 5.56. The van der Waals surface area contributed by atoms with Crippen molar-refractivity contribution >= 4 is 6.16 Å². The molecule has 0 radical (unpaired) electrons. The fourth-order valence-corrected chi connectivity index (χ4v) is 0.514. The molecule has 0 aromatic rings. The molecule has 1 atom stereocenters. The Labute approximate surface area is 66.4 Å². The minimum Gasteiger partial charge on any atom is -0.450 e. The van der Waals surface area contributed by atoms with Crippen molar-refractivity contribution in [2.75, 3.05) is 6.61 Å². The third-order valence-electron chi connectivity index (χ3n) is 0.982. The molecule has 0 rings (SSSR count). The zero-order valence-corrected chi connectivity index (χ0v) is 6.76. The molecule has 0 saturated heterocycles. The van der Waals surface area contributed by atoms with E-state index in [9.17, 15) is 4.79 Å². The predicted molar refractivity (Wildman–Crippen MR) is 41.2 cm³/mol. The van der Waals surface area contributed by atoms with E-state index in [-0.39, 0.29) is 12.5 Å². The Balaban J connectivity index is 3.52. The fourth-order valence-electron chi connectivity index (χ4n) is 0.514. The summed E-state index contributed by atoms with van der Waals surface area (Å²) < 4.78 is 4.31. The molecule has 11 heavy (non-hydrogen) atoms. The minimum atomic E-state index is -1.24. The quantitative estimate of drug-likeness (QED) is 0.489. The molecule has 0 aliphatic carbocycles. The van der Waals surface area contributed by atoms with Gasteiger partial charge in [-0.1, -0.05) is 12.8 Å². The van der Waals surface area contributed by atoms with Crippen LogP contribution in [-0.2, 0) is 4.74 Å². The van der Waals surface area contributed by atoms with E-state index in [0.29, 0.717) is 0 Å². The Morgan fingerprint density at radius 3 is 2.82 bits per heavy atom. The van der Waals surface area contributed by atoms with E-state index < -0.39 is 6.16 Å². The molecule has 0 aromatic heterocycles. The molecule has 0 aromatic carbocycles. The zero-order valence-electron chi connectivity index (χ0n) is 6.76. The van der Waals surface area contributed by atoms with Crippen LogP contribution >= 0.6 is 0 Å². The van der Waals surface area contributed by atoms with Crippen LogP contribution in [0.4, 0.5) is 4.79 Å². The van der Waals surface area contributed by atoms with E-state index in [0.717, 1.165) is 6.42 Å². The first-order valence-corrected chi connectivity index (χ1v) is 3.51. The molecular weight excluding hydrogens is 144 g/mol. The maximum absolute atomic E-state index is 9.91. The second-order valence-corrected chi connectivity index (χ2v) is 2.15. The van der Waals surface area contributed by atoms with Crippen molar-refractivity contribution < 1.29 is 14.6 Å². The molecule has 0 bridgehead atoms.